The molecule has 1 amide bonds. The first-order valence-corrected chi connectivity index (χ1v) is 6.63. The van der Waals surface area contributed by atoms with E-state index < -0.39 is 23.5 Å². The van der Waals surface area contributed by atoms with Crippen LogP contribution >= 0.6 is 0 Å². The lowest BCUT2D eigenvalue weighted by Gasteiger charge is -2.28. The Bertz CT molecular complexity index is 340. The standard InChI is InChI=1S/C14H27NO5/c1-10(9-18-12(17)20-14(5,6)7)15(8)11(16)19-13(2,3)4/h10H,9H2,1-8H3. The highest BCUT2D eigenvalue weighted by Gasteiger charge is 2.24. The molecule has 0 rings (SSSR count). The fourth-order valence-corrected chi connectivity index (χ4v) is 1.09. The zero-order valence-electron chi connectivity index (χ0n) is 13.8. The summed E-state index contributed by atoms with van der Waals surface area (Å²) in [6.45, 7) is 12.4. The summed E-state index contributed by atoms with van der Waals surface area (Å²) in [4.78, 5) is 24.6. The number of ether oxygens (including phenoxy) is 3. The minimum Gasteiger partial charge on any atom is -0.444 e. The molecule has 118 valence electrons. The van der Waals surface area contributed by atoms with Crippen molar-refractivity contribution in [1.29, 1.82) is 0 Å². The predicted octanol–water partition coefficient (Wildman–Crippen LogP) is 3.19. The molecule has 0 heterocycles. The summed E-state index contributed by atoms with van der Waals surface area (Å²) in [7, 11) is 1.59. The molecule has 6 nitrogen and oxygen atoms in total. The summed E-state index contributed by atoms with van der Waals surface area (Å²) in [5.41, 5.74) is -1.16. The molecule has 1 atom stereocenters. The van der Waals surface area contributed by atoms with E-state index in [2.05, 4.69) is 0 Å². The van der Waals surface area contributed by atoms with Crippen LogP contribution in [0.15, 0.2) is 0 Å². The lowest BCUT2D eigenvalue weighted by Crippen LogP contribution is -2.42. The molecule has 0 aromatic heterocycles. The van der Waals surface area contributed by atoms with Gasteiger partial charge in [0.25, 0.3) is 0 Å². The van der Waals surface area contributed by atoms with Gasteiger partial charge in [-0.3, -0.25) is 0 Å². The molecule has 0 aliphatic heterocycles. The predicted molar refractivity (Wildman–Crippen MR) is 75.6 cm³/mol. The highest BCUT2D eigenvalue weighted by molar-refractivity contribution is 5.68. The Labute approximate surface area is 121 Å². The van der Waals surface area contributed by atoms with Crippen LogP contribution in [0.3, 0.4) is 0 Å². The number of amides is 1. The number of nitrogens with zero attached hydrogens (tertiary/aromatic N) is 1. The quantitative estimate of drug-likeness (QED) is 0.746. The Kier molecular flexibility index (Phi) is 6.32. The van der Waals surface area contributed by atoms with Gasteiger partial charge in [0.1, 0.15) is 17.8 Å². The Hall–Kier alpha value is -1.46. The molecule has 0 aromatic rings. The van der Waals surface area contributed by atoms with E-state index in [1.807, 2.05) is 0 Å². The number of likely N-dealkylation sites (N-methyl/N-ethyl adjacent to an activating group) is 1. The van der Waals surface area contributed by atoms with E-state index in [4.69, 9.17) is 14.2 Å². The highest BCUT2D eigenvalue weighted by atomic mass is 16.7. The first-order valence-electron chi connectivity index (χ1n) is 6.63. The molecular formula is C14H27NO5. The first kappa shape index (κ1) is 18.5. The van der Waals surface area contributed by atoms with E-state index in [1.165, 1.54) is 4.90 Å². The minimum atomic E-state index is -0.748. The van der Waals surface area contributed by atoms with Crippen molar-refractivity contribution in [2.75, 3.05) is 13.7 Å². The molecule has 0 aliphatic carbocycles. The second-order valence-electron chi connectivity index (χ2n) is 6.72. The molecule has 0 fully saturated rings. The third-order valence-electron chi connectivity index (χ3n) is 2.17. The van der Waals surface area contributed by atoms with Crippen LogP contribution in [0.25, 0.3) is 0 Å². The molecule has 0 aromatic carbocycles. The fourth-order valence-electron chi connectivity index (χ4n) is 1.09. The second-order valence-corrected chi connectivity index (χ2v) is 6.72. The normalized spacial score (nSPS) is 13.4. The van der Waals surface area contributed by atoms with E-state index in [0.29, 0.717) is 0 Å². The van der Waals surface area contributed by atoms with Gasteiger partial charge in [-0.15, -0.1) is 0 Å². The summed E-state index contributed by atoms with van der Waals surface area (Å²) in [6.07, 6.45) is -1.21. The third-order valence-corrected chi connectivity index (χ3v) is 2.17. The van der Waals surface area contributed by atoms with Gasteiger partial charge < -0.3 is 19.1 Å². The van der Waals surface area contributed by atoms with E-state index in [9.17, 15) is 9.59 Å². The van der Waals surface area contributed by atoms with Gasteiger partial charge in [0.2, 0.25) is 0 Å². The van der Waals surface area contributed by atoms with E-state index in [-0.39, 0.29) is 12.6 Å². The lowest BCUT2D eigenvalue weighted by atomic mass is 10.2. The Morgan fingerprint density at radius 1 is 1.00 bits per heavy atom. The van der Waals surface area contributed by atoms with Crippen LogP contribution in [0.4, 0.5) is 9.59 Å². The van der Waals surface area contributed by atoms with Crippen LogP contribution in [0, 0.1) is 0 Å². The van der Waals surface area contributed by atoms with Crippen molar-refractivity contribution in [3.05, 3.63) is 0 Å². The molecular weight excluding hydrogens is 262 g/mol. The van der Waals surface area contributed by atoms with Gasteiger partial charge in [-0.2, -0.15) is 0 Å². The molecule has 0 radical (unpaired) electrons. The minimum absolute atomic E-state index is 0.0463. The molecule has 1 unspecified atom stereocenters. The molecule has 0 aliphatic rings. The molecule has 0 bridgehead atoms. The third kappa shape index (κ3) is 8.61. The molecule has 20 heavy (non-hydrogen) atoms. The molecule has 0 saturated heterocycles. The zero-order valence-corrected chi connectivity index (χ0v) is 13.8. The first-order chi connectivity index (χ1) is 8.82. The van der Waals surface area contributed by atoms with Crippen molar-refractivity contribution < 1.29 is 23.8 Å². The van der Waals surface area contributed by atoms with Crippen molar-refractivity contribution >= 4 is 12.2 Å². The molecule has 0 saturated carbocycles. The second kappa shape index (κ2) is 6.81. The Morgan fingerprint density at radius 3 is 1.85 bits per heavy atom. The average molecular weight is 289 g/mol. The number of hydrogen-bond donors (Lipinski definition) is 0. The number of rotatable bonds is 3. The number of carbonyl (C=O) groups is 2. The largest absolute Gasteiger partial charge is 0.508 e. The fraction of sp³-hybridized carbons (Fsp3) is 0.857. The lowest BCUT2D eigenvalue weighted by molar-refractivity contribution is -0.0204. The maximum absolute atomic E-state index is 11.8. The number of carbonyl (C=O) groups excluding carboxylic acids is 2. The van der Waals surface area contributed by atoms with Crippen molar-refractivity contribution in [2.45, 2.75) is 65.7 Å². The van der Waals surface area contributed by atoms with Gasteiger partial charge in [0.05, 0.1) is 6.04 Å². The van der Waals surface area contributed by atoms with Crippen molar-refractivity contribution in [3.8, 4) is 0 Å². The summed E-state index contributed by atoms with van der Waals surface area (Å²) < 4.78 is 15.2. The monoisotopic (exact) mass is 289 g/mol. The SMILES string of the molecule is CC(COC(=O)OC(C)(C)C)N(C)C(=O)OC(C)(C)C. The molecule has 0 N–H and O–H groups in total. The molecule has 6 heteroatoms. The van der Waals surface area contributed by atoms with Crippen LogP contribution in [-0.4, -0.2) is 48.0 Å². The maximum atomic E-state index is 11.8. The summed E-state index contributed by atoms with van der Waals surface area (Å²) in [6, 6.07) is -0.308. The van der Waals surface area contributed by atoms with Crippen LogP contribution in [0.5, 0.6) is 0 Å². The summed E-state index contributed by atoms with van der Waals surface area (Å²) in [5, 5.41) is 0. The van der Waals surface area contributed by atoms with E-state index in [0.717, 1.165) is 0 Å². The Balaban J connectivity index is 4.24. The van der Waals surface area contributed by atoms with Gasteiger partial charge in [0.15, 0.2) is 0 Å². The van der Waals surface area contributed by atoms with Gasteiger partial charge >= 0.3 is 12.2 Å². The van der Waals surface area contributed by atoms with Gasteiger partial charge in [0, 0.05) is 7.05 Å². The van der Waals surface area contributed by atoms with Gasteiger partial charge in [-0.1, -0.05) is 0 Å². The number of hydrogen-bond acceptors (Lipinski definition) is 5. The van der Waals surface area contributed by atoms with Gasteiger partial charge in [-0.05, 0) is 48.5 Å². The summed E-state index contributed by atoms with van der Waals surface area (Å²) in [5.74, 6) is 0. The highest BCUT2D eigenvalue weighted by Crippen LogP contribution is 2.12. The van der Waals surface area contributed by atoms with Crippen LogP contribution in [-0.2, 0) is 14.2 Å². The van der Waals surface area contributed by atoms with Crippen LogP contribution < -0.4 is 0 Å². The topological polar surface area (TPSA) is 65.1 Å². The zero-order chi connectivity index (χ0) is 16.1. The van der Waals surface area contributed by atoms with Crippen LogP contribution in [0.2, 0.25) is 0 Å². The van der Waals surface area contributed by atoms with E-state index >= 15 is 0 Å². The van der Waals surface area contributed by atoms with Crippen molar-refractivity contribution in [1.82, 2.24) is 4.90 Å². The summed E-state index contributed by atoms with van der Waals surface area (Å²) >= 11 is 0. The van der Waals surface area contributed by atoms with Crippen molar-refractivity contribution in [2.24, 2.45) is 0 Å². The Morgan fingerprint density at radius 2 is 1.45 bits per heavy atom. The maximum Gasteiger partial charge on any atom is 0.508 e. The molecule has 0 spiro atoms. The average Bonchev–Trinajstić information content (AvgIpc) is 2.19. The van der Waals surface area contributed by atoms with Crippen LogP contribution in [0.1, 0.15) is 48.5 Å². The van der Waals surface area contributed by atoms with Gasteiger partial charge in [-0.25, -0.2) is 9.59 Å². The van der Waals surface area contributed by atoms with Crippen molar-refractivity contribution in [3.63, 3.8) is 0 Å². The smallest absolute Gasteiger partial charge is 0.444 e. The van der Waals surface area contributed by atoms with E-state index in [1.54, 1.807) is 55.5 Å².